The number of rotatable bonds is 3. The number of benzene rings is 1. The van der Waals surface area contributed by atoms with E-state index in [-0.39, 0.29) is 5.91 Å². The van der Waals surface area contributed by atoms with Crippen LogP contribution in [0.2, 0.25) is 0 Å². The number of amides is 1. The van der Waals surface area contributed by atoms with Gasteiger partial charge in [-0.2, -0.15) is 0 Å². The second kappa shape index (κ2) is 5.97. The first-order valence-corrected chi connectivity index (χ1v) is 6.07. The fourth-order valence-corrected chi connectivity index (χ4v) is 1.61. The summed E-state index contributed by atoms with van der Waals surface area (Å²) in [6.07, 6.45) is 1.59. The van der Waals surface area contributed by atoms with Crippen LogP contribution in [0, 0.1) is 6.92 Å². The second-order valence-electron chi connectivity index (χ2n) is 4.26. The summed E-state index contributed by atoms with van der Waals surface area (Å²) < 4.78 is 4.94. The average Bonchev–Trinajstić information content (AvgIpc) is 2.41. The Hall–Kier alpha value is -2.69. The molecule has 0 spiro atoms. The van der Waals surface area contributed by atoms with Gasteiger partial charge in [0.1, 0.15) is 5.75 Å². The lowest BCUT2D eigenvalue weighted by molar-refractivity contribution is -0.131. The molecule has 0 saturated heterocycles. The van der Waals surface area contributed by atoms with Gasteiger partial charge < -0.3 is 10.1 Å². The van der Waals surface area contributed by atoms with E-state index in [2.05, 4.69) is 10.3 Å². The van der Waals surface area contributed by atoms with Gasteiger partial charge in [-0.3, -0.25) is 14.6 Å². The van der Waals surface area contributed by atoms with Crippen LogP contribution >= 0.6 is 0 Å². The SMILES string of the molecule is CC(=O)Oc1cccc(C(=O)Nc2ccc(C)nc2)c1. The molecule has 0 radical (unpaired) electrons. The summed E-state index contributed by atoms with van der Waals surface area (Å²) in [5, 5.41) is 2.72. The Bertz CT molecular complexity index is 636. The van der Waals surface area contributed by atoms with Crippen LogP contribution in [-0.2, 0) is 4.79 Å². The van der Waals surface area contributed by atoms with Crippen molar-refractivity contribution in [2.24, 2.45) is 0 Å². The summed E-state index contributed by atoms with van der Waals surface area (Å²) in [7, 11) is 0. The van der Waals surface area contributed by atoms with Crippen molar-refractivity contribution >= 4 is 17.6 Å². The van der Waals surface area contributed by atoms with Gasteiger partial charge in [-0.25, -0.2) is 0 Å². The maximum absolute atomic E-state index is 12.1. The molecule has 1 heterocycles. The minimum Gasteiger partial charge on any atom is -0.427 e. The monoisotopic (exact) mass is 270 g/mol. The third-order valence-electron chi connectivity index (χ3n) is 2.53. The normalized spacial score (nSPS) is 9.90. The van der Waals surface area contributed by atoms with Crippen LogP contribution in [-0.4, -0.2) is 16.9 Å². The molecule has 5 nitrogen and oxygen atoms in total. The standard InChI is InChI=1S/C15H14N2O3/c1-10-6-7-13(9-16-10)17-15(19)12-4-3-5-14(8-12)20-11(2)18/h3-9H,1-2H3,(H,17,19). The van der Waals surface area contributed by atoms with Crippen molar-refractivity contribution in [3.63, 3.8) is 0 Å². The van der Waals surface area contributed by atoms with Crippen LogP contribution < -0.4 is 10.1 Å². The molecule has 102 valence electrons. The molecule has 0 bridgehead atoms. The first-order valence-electron chi connectivity index (χ1n) is 6.07. The van der Waals surface area contributed by atoms with E-state index in [1.807, 2.05) is 13.0 Å². The largest absolute Gasteiger partial charge is 0.427 e. The first kappa shape index (κ1) is 13.7. The van der Waals surface area contributed by atoms with Crippen molar-refractivity contribution in [3.05, 3.63) is 53.9 Å². The predicted octanol–water partition coefficient (Wildman–Crippen LogP) is 2.57. The van der Waals surface area contributed by atoms with Crippen molar-refractivity contribution < 1.29 is 14.3 Å². The van der Waals surface area contributed by atoms with Gasteiger partial charge in [0.05, 0.1) is 11.9 Å². The molecule has 0 aliphatic heterocycles. The van der Waals surface area contributed by atoms with Gasteiger partial charge in [0.2, 0.25) is 0 Å². The number of nitrogens with one attached hydrogen (secondary N) is 1. The van der Waals surface area contributed by atoms with Crippen LogP contribution in [0.1, 0.15) is 23.0 Å². The quantitative estimate of drug-likeness (QED) is 0.687. The maximum atomic E-state index is 12.1. The molecule has 0 unspecified atom stereocenters. The van der Waals surface area contributed by atoms with E-state index in [4.69, 9.17) is 4.74 Å². The van der Waals surface area contributed by atoms with E-state index in [0.29, 0.717) is 17.0 Å². The Morgan fingerprint density at radius 3 is 2.65 bits per heavy atom. The van der Waals surface area contributed by atoms with E-state index in [9.17, 15) is 9.59 Å². The second-order valence-corrected chi connectivity index (χ2v) is 4.26. The molecule has 1 aromatic carbocycles. The molecule has 0 aliphatic carbocycles. The molecule has 2 rings (SSSR count). The number of carbonyl (C=O) groups is 2. The minimum absolute atomic E-state index is 0.287. The van der Waals surface area contributed by atoms with Crippen LogP contribution in [0.3, 0.4) is 0 Å². The van der Waals surface area contributed by atoms with Crippen molar-refractivity contribution in [1.82, 2.24) is 4.98 Å². The summed E-state index contributed by atoms with van der Waals surface area (Å²) in [6, 6.07) is 10.0. The molecule has 1 aromatic heterocycles. The number of aromatic nitrogens is 1. The number of aryl methyl sites for hydroxylation is 1. The minimum atomic E-state index is -0.426. The van der Waals surface area contributed by atoms with Gasteiger partial charge in [0.25, 0.3) is 5.91 Å². The highest BCUT2D eigenvalue weighted by Gasteiger charge is 2.08. The molecule has 2 aromatic rings. The Morgan fingerprint density at radius 2 is 2.00 bits per heavy atom. The molecule has 1 amide bonds. The van der Waals surface area contributed by atoms with E-state index < -0.39 is 5.97 Å². The van der Waals surface area contributed by atoms with E-state index in [1.54, 1.807) is 30.5 Å². The molecular weight excluding hydrogens is 256 g/mol. The lowest BCUT2D eigenvalue weighted by Gasteiger charge is -2.07. The average molecular weight is 270 g/mol. The Morgan fingerprint density at radius 1 is 1.20 bits per heavy atom. The molecule has 0 fully saturated rings. The smallest absolute Gasteiger partial charge is 0.308 e. The molecule has 0 saturated carbocycles. The zero-order chi connectivity index (χ0) is 14.5. The third kappa shape index (κ3) is 3.65. The lowest BCUT2D eigenvalue weighted by Crippen LogP contribution is -2.12. The van der Waals surface area contributed by atoms with Gasteiger partial charge >= 0.3 is 5.97 Å². The summed E-state index contributed by atoms with van der Waals surface area (Å²) in [6.45, 7) is 3.18. The van der Waals surface area contributed by atoms with Crippen molar-refractivity contribution in [2.45, 2.75) is 13.8 Å². The number of carbonyl (C=O) groups excluding carboxylic acids is 2. The van der Waals surface area contributed by atoms with E-state index in [1.165, 1.54) is 13.0 Å². The molecular formula is C15H14N2O3. The molecule has 20 heavy (non-hydrogen) atoms. The molecule has 1 N–H and O–H groups in total. The van der Waals surface area contributed by atoms with Crippen LogP contribution in [0.15, 0.2) is 42.6 Å². The first-order chi connectivity index (χ1) is 9.54. The lowest BCUT2D eigenvalue weighted by atomic mass is 10.2. The van der Waals surface area contributed by atoms with Crippen LogP contribution in [0.4, 0.5) is 5.69 Å². The zero-order valence-electron chi connectivity index (χ0n) is 11.2. The van der Waals surface area contributed by atoms with E-state index >= 15 is 0 Å². The Balaban J connectivity index is 2.12. The summed E-state index contributed by atoms with van der Waals surface area (Å²) in [4.78, 5) is 27.0. The van der Waals surface area contributed by atoms with Crippen LogP contribution in [0.25, 0.3) is 0 Å². The molecule has 0 aliphatic rings. The molecule has 5 heteroatoms. The number of hydrogen-bond acceptors (Lipinski definition) is 4. The highest BCUT2D eigenvalue weighted by Crippen LogP contribution is 2.15. The topological polar surface area (TPSA) is 68.3 Å². The highest BCUT2D eigenvalue weighted by molar-refractivity contribution is 6.04. The van der Waals surface area contributed by atoms with Gasteiger partial charge in [-0.1, -0.05) is 6.07 Å². The zero-order valence-corrected chi connectivity index (χ0v) is 11.2. The predicted molar refractivity (Wildman–Crippen MR) is 74.7 cm³/mol. The van der Waals surface area contributed by atoms with Gasteiger partial charge in [-0.05, 0) is 37.3 Å². The number of pyridine rings is 1. The van der Waals surface area contributed by atoms with Gasteiger partial charge in [-0.15, -0.1) is 0 Å². The van der Waals surface area contributed by atoms with Crippen LogP contribution in [0.5, 0.6) is 5.75 Å². The maximum Gasteiger partial charge on any atom is 0.308 e. The third-order valence-corrected chi connectivity index (χ3v) is 2.53. The number of esters is 1. The van der Waals surface area contributed by atoms with Gasteiger partial charge in [0.15, 0.2) is 0 Å². The Labute approximate surface area is 116 Å². The Kier molecular flexibility index (Phi) is 4.10. The number of anilines is 1. The number of ether oxygens (including phenoxy) is 1. The van der Waals surface area contributed by atoms with Crippen molar-refractivity contribution in [1.29, 1.82) is 0 Å². The summed E-state index contributed by atoms with van der Waals surface area (Å²) >= 11 is 0. The van der Waals surface area contributed by atoms with Crippen molar-refractivity contribution in [3.8, 4) is 5.75 Å². The fourth-order valence-electron chi connectivity index (χ4n) is 1.61. The number of hydrogen-bond donors (Lipinski definition) is 1. The fraction of sp³-hybridized carbons (Fsp3) is 0.133. The highest BCUT2D eigenvalue weighted by atomic mass is 16.5. The van der Waals surface area contributed by atoms with E-state index in [0.717, 1.165) is 5.69 Å². The summed E-state index contributed by atoms with van der Waals surface area (Å²) in [5.41, 5.74) is 1.89. The number of nitrogens with zero attached hydrogens (tertiary/aromatic N) is 1. The van der Waals surface area contributed by atoms with Crippen molar-refractivity contribution in [2.75, 3.05) is 5.32 Å². The molecule has 0 atom stereocenters. The summed E-state index contributed by atoms with van der Waals surface area (Å²) in [5.74, 6) is -0.373. The van der Waals surface area contributed by atoms with Gasteiger partial charge in [0, 0.05) is 18.2 Å².